The molecule has 1 saturated heterocycles. The van der Waals surface area contributed by atoms with Crippen LogP contribution in [0.5, 0.6) is 0 Å². The average Bonchev–Trinajstić information content (AvgIpc) is 3.38. The minimum absolute atomic E-state index is 0.0399. The monoisotopic (exact) mass is 488 g/mol. The number of hydrogen-bond acceptors (Lipinski definition) is 5. The molecule has 180 valence electrons. The highest BCUT2D eigenvalue weighted by Gasteiger charge is 2.32. The summed E-state index contributed by atoms with van der Waals surface area (Å²) in [5, 5.41) is 8.38. The van der Waals surface area contributed by atoms with Gasteiger partial charge in [0.2, 0.25) is 0 Å². The van der Waals surface area contributed by atoms with Crippen LogP contribution in [0.1, 0.15) is 39.6 Å². The number of rotatable bonds is 6. The van der Waals surface area contributed by atoms with Crippen molar-refractivity contribution < 1.29 is 13.2 Å². The van der Waals surface area contributed by atoms with E-state index in [1.54, 1.807) is 4.68 Å². The second-order valence-corrected chi connectivity index (χ2v) is 11.4. The highest BCUT2D eigenvalue weighted by molar-refractivity contribution is 7.91. The summed E-state index contributed by atoms with van der Waals surface area (Å²) in [5.74, 6) is -0.00995. The van der Waals surface area contributed by atoms with Crippen LogP contribution in [0.2, 0.25) is 0 Å². The fourth-order valence-electron chi connectivity index (χ4n) is 4.65. The Morgan fingerprint density at radius 3 is 2.51 bits per heavy atom. The molecule has 0 aliphatic carbocycles. The van der Waals surface area contributed by atoms with E-state index in [2.05, 4.69) is 10.4 Å². The average molecular weight is 489 g/mol. The van der Waals surface area contributed by atoms with Crippen molar-refractivity contribution in [3.63, 3.8) is 0 Å². The van der Waals surface area contributed by atoms with Crippen molar-refractivity contribution in [3.05, 3.63) is 83.0 Å². The molecular weight excluding hydrogens is 460 g/mol. The molecule has 1 N–H and O–H groups in total. The molecule has 7 nitrogen and oxygen atoms in total. The molecule has 1 aliphatic heterocycles. The molecule has 3 heterocycles. The van der Waals surface area contributed by atoms with Gasteiger partial charge in [0.15, 0.2) is 15.5 Å². The molecule has 0 saturated carbocycles. The Morgan fingerprint density at radius 2 is 1.83 bits per heavy atom. The third-order valence-electron chi connectivity index (χ3n) is 6.53. The van der Waals surface area contributed by atoms with Crippen molar-refractivity contribution in [1.82, 2.24) is 20.1 Å². The van der Waals surface area contributed by atoms with E-state index in [0.29, 0.717) is 41.0 Å². The lowest BCUT2D eigenvalue weighted by molar-refractivity contribution is 0.0955. The van der Waals surface area contributed by atoms with Crippen LogP contribution in [0.4, 0.5) is 0 Å². The summed E-state index contributed by atoms with van der Waals surface area (Å²) in [5.41, 5.74) is 5.55. The number of benzene rings is 2. The van der Waals surface area contributed by atoms with Gasteiger partial charge in [-0.3, -0.25) is 4.79 Å². The predicted molar refractivity (Wildman–Crippen MR) is 137 cm³/mol. The topological polar surface area (TPSA) is 94.0 Å². The van der Waals surface area contributed by atoms with Crippen LogP contribution in [0, 0.1) is 13.8 Å². The highest BCUT2D eigenvalue weighted by atomic mass is 32.2. The Morgan fingerprint density at radius 1 is 1.09 bits per heavy atom. The Labute approximate surface area is 205 Å². The van der Waals surface area contributed by atoms with Gasteiger partial charge in [0, 0.05) is 12.1 Å². The number of carbonyl (C=O) groups is 1. The molecule has 0 bridgehead atoms. The number of hydrogen-bond donors (Lipinski definition) is 1. The number of amides is 1. The number of aromatic nitrogens is 3. The van der Waals surface area contributed by atoms with Crippen LogP contribution < -0.4 is 5.32 Å². The second-order valence-electron chi connectivity index (χ2n) is 9.20. The van der Waals surface area contributed by atoms with Gasteiger partial charge in [-0.05, 0) is 38.3 Å². The standard InChI is InChI=1S/C27H28N4O3S/c1-18-8-10-21(11-9-18)24-16-23(27(32)28-14-12-20-6-4-3-5-7-20)25-19(2)30-31(26(25)29-24)22-13-15-35(33,34)17-22/h3-11,16,22H,12-15,17H2,1-2H3,(H,28,32)/t22-/m0/s1. The van der Waals surface area contributed by atoms with Gasteiger partial charge in [0.05, 0.1) is 39.9 Å². The quantitative estimate of drug-likeness (QED) is 0.442. The van der Waals surface area contributed by atoms with Crippen molar-refractivity contribution in [2.24, 2.45) is 0 Å². The van der Waals surface area contributed by atoms with Gasteiger partial charge in [-0.25, -0.2) is 18.1 Å². The molecule has 2 aromatic carbocycles. The first-order valence-corrected chi connectivity index (χ1v) is 13.6. The Kier molecular flexibility index (Phi) is 6.15. The van der Waals surface area contributed by atoms with E-state index in [1.807, 2.05) is 74.5 Å². The summed E-state index contributed by atoms with van der Waals surface area (Å²) in [6, 6.07) is 19.5. The lowest BCUT2D eigenvalue weighted by Gasteiger charge is -2.12. The Bertz CT molecular complexity index is 1490. The van der Waals surface area contributed by atoms with Gasteiger partial charge >= 0.3 is 0 Å². The largest absolute Gasteiger partial charge is 0.352 e. The second kappa shape index (κ2) is 9.26. The Hall–Kier alpha value is -3.52. The molecular formula is C27H28N4O3S. The summed E-state index contributed by atoms with van der Waals surface area (Å²) >= 11 is 0. The molecule has 1 amide bonds. The van der Waals surface area contributed by atoms with Gasteiger partial charge in [-0.1, -0.05) is 60.2 Å². The summed E-state index contributed by atoms with van der Waals surface area (Å²) < 4.78 is 26.0. The van der Waals surface area contributed by atoms with E-state index < -0.39 is 9.84 Å². The molecule has 1 atom stereocenters. The minimum atomic E-state index is -3.10. The predicted octanol–water partition coefficient (Wildman–Crippen LogP) is 4.05. The first-order chi connectivity index (χ1) is 16.8. The number of nitrogens with one attached hydrogen (secondary N) is 1. The minimum Gasteiger partial charge on any atom is -0.352 e. The van der Waals surface area contributed by atoms with Crippen molar-refractivity contribution in [2.75, 3.05) is 18.1 Å². The molecule has 1 fully saturated rings. The number of carbonyl (C=O) groups excluding carboxylic acids is 1. The molecule has 0 radical (unpaired) electrons. The van der Waals surface area contributed by atoms with Gasteiger partial charge < -0.3 is 5.32 Å². The smallest absolute Gasteiger partial charge is 0.252 e. The highest BCUT2D eigenvalue weighted by Crippen LogP contribution is 2.32. The first kappa shape index (κ1) is 23.2. The van der Waals surface area contributed by atoms with Crippen molar-refractivity contribution in [1.29, 1.82) is 0 Å². The maximum atomic E-state index is 13.4. The van der Waals surface area contributed by atoms with E-state index in [-0.39, 0.29) is 23.5 Å². The van der Waals surface area contributed by atoms with Crippen LogP contribution in [0.15, 0.2) is 60.7 Å². The third-order valence-corrected chi connectivity index (χ3v) is 8.28. The van der Waals surface area contributed by atoms with E-state index in [0.717, 1.165) is 23.1 Å². The summed E-state index contributed by atoms with van der Waals surface area (Å²) in [6.45, 7) is 4.36. The summed E-state index contributed by atoms with van der Waals surface area (Å²) in [7, 11) is -3.10. The number of nitrogens with zero attached hydrogens (tertiary/aromatic N) is 3. The maximum Gasteiger partial charge on any atom is 0.252 e. The zero-order chi connectivity index (χ0) is 24.6. The first-order valence-electron chi connectivity index (χ1n) is 11.8. The summed E-state index contributed by atoms with van der Waals surface area (Å²) in [4.78, 5) is 18.3. The molecule has 1 aliphatic rings. The van der Waals surface area contributed by atoms with E-state index in [1.165, 1.54) is 0 Å². The zero-order valence-electron chi connectivity index (χ0n) is 19.9. The SMILES string of the molecule is Cc1ccc(-c2cc(C(=O)NCCc3ccccc3)c3c(C)nn([C@H]4CCS(=O)(=O)C4)c3n2)cc1. The van der Waals surface area contributed by atoms with Crippen LogP contribution in [-0.2, 0) is 16.3 Å². The number of fused-ring (bicyclic) bond motifs is 1. The molecule has 2 aromatic heterocycles. The van der Waals surface area contributed by atoms with Gasteiger partial charge in [-0.2, -0.15) is 5.10 Å². The maximum absolute atomic E-state index is 13.4. The van der Waals surface area contributed by atoms with Crippen molar-refractivity contribution >= 4 is 26.8 Å². The van der Waals surface area contributed by atoms with E-state index in [4.69, 9.17) is 4.98 Å². The van der Waals surface area contributed by atoms with E-state index >= 15 is 0 Å². The molecule has 35 heavy (non-hydrogen) atoms. The molecule has 4 aromatic rings. The zero-order valence-corrected chi connectivity index (χ0v) is 20.7. The molecule has 0 spiro atoms. The number of sulfone groups is 1. The van der Waals surface area contributed by atoms with Crippen LogP contribution in [0.3, 0.4) is 0 Å². The normalized spacial score (nSPS) is 17.0. The fourth-order valence-corrected chi connectivity index (χ4v) is 6.34. The Balaban J connectivity index is 1.55. The third kappa shape index (κ3) is 4.84. The van der Waals surface area contributed by atoms with Crippen molar-refractivity contribution in [2.45, 2.75) is 32.7 Å². The van der Waals surface area contributed by atoms with Gasteiger partial charge in [-0.15, -0.1) is 0 Å². The number of pyridine rings is 1. The lowest BCUT2D eigenvalue weighted by atomic mass is 10.0. The van der Waals surface area contributed by atoms with Gasteiger partial charge in [0.1, 0.15) is 0 Å². The van der Waals surface area contributed by atoms with Crippen LogP contribution in [0.25, 0.3) is 22.3 Å². The van der Waals surface area contributed by atoms with Crippen molar-refractivity contribution in [3.8, 4) is 11.3 Å². The molecule has 8 heteroatoms. The fraction of sp³-hybridized carbons (Fsp3) is 0.296. The molecule has 5 rings (SSSR count). The lowest BCUT2D eigenvalue weighted by Crippen LogP contribution is -2.26. The van der Waals surface area contributed by atoms with Gasteiger partial charge in [0.25, 0.3) is 5.91 Å². The molecule has 0 unspecified atom stereocenters. The van der Waals surface area contributed by atoms with Crippen LogP contribution >= 0.6 is 0 Å². The van der Waals surface area contributed by atoms with Crippen LogP contribution in [-0.4, -0.2) is 47.1 Å². The number of aryl methyl sites for hydroxylation is 2. The summed E-state index contributed by atoms with van der Waals surface area (Å²) in [6.07, 6.45) is 1.22. The van der Waals surface area contributed by atoms with E-state index in [9.17, 15) is 13.2 Å².